The minimum atomic E-state index is 0.301. The summed E-state index contributed by atoms with van der Waals surface area (Å²) in [7, 11) is 0. The highest BCUT2D eigenvalue weighted by atomic mass is 32.2. The Labute approximate surface area is 75.4 Å². The SMILES string of the molecule is OCCSCCc1cccs1. The molecule has 0 aromatic carbocycles. The van der Waals surface area contributed by atoms with Crippen LogP contribution in [-0.2, 0) is 6.42 Å². The van der Waals surface area contributed by atoms with E-state index in [0.29, 0.717) is 6.61 Å². The molecule has 1 rings (SSSR count). The quantitative estimate of drug-likeness (QED) is 0.713. The second-order valence-electron chi connectivity index (χ2n) is 2.17. The molecule has 0 saturated carbocycles. The summed E-state index contributed by atoms with van der Waals surface area (Å²) in [4.78, 5) is 1.44. The van der Waals surface area contributed by atoms with Crippen molar-refractivity contribution < 1.29 is 5.11 Å². The van der Waals surface area contributed by atoms with Gasteiger partial charge in [-0.25, -0.2) is 0 Å². The molecule has 0 aliphatic carbocycles. The molecule has 1 heterocycles. The van der Waals surface area contributed by atoms with E-state index < -0.39 is 0 Å². The van der Waals surface area contributed by atoms with Crippen molar-refractivity contribution in [1.82, 2.24) is 0 Å². The van der Waals surface area contributed by atoms with Crippen LogP contribution in [0.2, 0.25) is 0 Å². The van der Waals surface area contributed by atoms with Crippen LogP contribution in [-0.4, -0.2) is 23.2 Å². The van der Waals surface area contributed by atoms with Gasteiger partial charge in [-0.15, -0.1) is 11.3 Å². The van der Waals surface area contributed by atoms with E-state index in [9.17, 15) is 0 Å². The Morgan fingerprint density at radius 1 is 1.45 bits per heavy atom. The fraction of sp³-hybridized carbons (Fsp3) is 0.500. The minimum absolute atomic E-state index is 0.301. The largest absolute Gasteiger partial charge is 0.396 e. The summed E-state index contributed by atoms with van der Waals surface area (Å²) < 4.78 is 0. The van der Waals surface area contributed by atoms with Gasteiger partial charge in [0.25, 0.3) is 0 Å². The van der Waals surface area contributed by atoms with E-state index in [1.54, 1.807) is 11.3 Å². The number of thioether (sulfide) groups is 1. The Kier molecular flexibility index (Phi) is 4.66. The Hall–Kier alpha value is 0.01000. The molecule has 0 atom stereocenters. The summed E-state index contributed by atoms with van der Waals surface area (Å²) in [5, 5.41) is 10.6. The highest BCUT2D eigenvalue weighted by Crippen LogP contribution is 2.11. The molecule has 0 radical (unpaired) electrons. The standard InChI is InChI=1S/C8H12OS2/c9-4-7-10-6-3-8-2-1-5-11-8/h1-2,5,9H,3-4,6-7H2. The van der Waals surface area contributed by atoms with E-state index in [2.05, 4.69) is 17.5 Å². The lowest BCUT2D eigenvalue weighted by Gasteiger charge is -1.95. The third-order valence-corrected chi connectivity index (χ3v) is 3.21. The van der Waals surface area contributed by atoms with Crippen LogP contribution in [0.3, 0.4) is 0 Å². The molecule has 3 heteroatoms. The van der Waals surface area contributed by atoms with Crippen molar-refractivity contribution in [2.24, 2.45) is 0 Å². The topological polar surface area (TPSA) is 20.2 Å². The molecule has 1 aromatic heterocycles. The lowest BCUT2D eigenvalue weighted by Crippen LogP contribution is -1.90. The Bertz CT molecular complexity index is 172. The molecule has 1 nitrogen and oxygen atoms in total. The fourth-order valence-corrected chi connectivity index (χ4v) is 2.33. The van der Waals surface area contributed by atoms with Crippen LogP contribution in [0.4, 0.5) is 0 Å². The van der Waals surface area contributed by atoms with Crippen molar-refractivity contribution in [3.8, 4) is 0 Å². The lowest BCUT2D eigenvalue weighted by atomic mass is 10.4. The number of aryl methyl sites for hydroxylation is 1. The molecule has 0 aliphatic heterocycles. The Morgan fingerprint density at radius 3 is 3.00 bits per heavy atom. The monoisotopic (exact) mass is 188 g/mol. The van der Waals surface area contributed by atoms with Crippen LogP contribution in [0, 0.1) is 0 Å². The molecule has 11 heavy (non-hydrogen) atoms. The number of hydrogen-bond donors (Lipinski definition) is 1. The number of thiophene rings is 1. The van der Waals surface area contributed by atoms with E-state index in [1.807, 2.05) is 11.8 Å². The second-order valence-corrected chi connectivity index (χ2v) is 4.42. The minimum Gasteiger partial charge on any atom is -0.396 e. The smallest absolute Gasteiger partial charge is 0.0521 e. The van der Waals surface area contributed by atoms with Gasteiger partial charge in [-0.1, -0.05) is 6.07 Å². The molecular weight excluding hydrogens is 176 g/mol. The third kappa shape index (κ3) is 3.79. The van der Waals surface area contributed by atoms with E-state index in [-0.39, 0.29) is 0 Å². The first-order chi connectivity index (χ1) is 5.43. The van der Waals surface area contributed by atoms with Crippen LogP contribution in [0.25, 0.3) is 0 Å². The number of aliphatic hydroxyl groups is 1. The van der Waals surface area contributed by atoms with E-state index >= 15 is 0 Å². The molecule has 62 valence electrons. The van der Waals surface area contributed by atoms with Crippen molar-refractivity contribution in [3.63, 3.8) is 0 Å². The van der Waals surface area contributed by atoms with Gasteiger partial charge >= 0.3 is 0 Å². The number of hydrogen-bond acceptors (Lipinski definition) is 3. The average molecular weight is 188 g/mol. The van der Waals surface area contributed by atoms with Gasteiger partial charge in [0.05, 0.1) is 6.61 Å². The summed E-state index contributed by atoms with van der Waals surface area (Å²) in [6.07, 6.45) is 1.14. The molecule has 0 amide bonds. The van der Waals surface area contributed by atoms with Crippen molar-refractivity contribution in [3.05, 3.63) is 22.4 Å². The highest BCUT2D eigenvalue weighted by Gasteiger charge is 1.92. The van der Waals surface area contributed by atoms with Gasteiger partial charge in [-0.2, -0.15) is 11.8 Å². The highest BCUT2D eigenvalue weighted by molar-refractivity contribution is 7.99. The van der Waals surface area contributed by atoms with Gasteiger partial charge in [0.15, 0.2) is 0 Å². The van der Waals surface area contributed by atoms with E-state index in [0.717, 1.165) is 17.9 Å². The van der Waals surface area contributed by atoms with Gasteiger partial charge in [0, 0.05) is 10.6 Å². The number of aliphatic hydroxyl groups excluding tert-OH is 1. The summed E-state index contributed by atoms with van der Waals surface area (Å²) in [6.45, 7) is 0.301. The zero-order valence-corrected chi connectivity index (χ0v) is 7.96. The summed E-state index contributed by atoms with van der Waals surface area (Å²) >= 11 is 3.61. The second kappa shape index (κ2) is 5.63. The van der Waals surface area contributed by atoms with Crippen LogP contribution >= 0.6 is 23.1 Å². The summed E-state index contributed by atoms with van der Waals surface area (Å²) in [5.74, 6) is 1.99. The molecule has 0 fully saturated rings. The van der Waals surface area contributed by atoms with Gasteiger partial charge in [-0.3, -0.25) is 0 Å². The zero-order chi connectivity index (χ0) is 7.94. The molecular formula is C8H12OS2. The maximum atomic E-state index is 8.51. The van der Waals surface area contributed by atoms with E-state index in [4.69, 9.17) is 5.11 Å². The molecule has 0 bridgehead atoms. The summed E-state index contributed by atoms with van der Waals surface area (Å²) in [6, 6.07) is 4.24. The normalized spacial score (nSPS) is 10.3. The van der Waals surface area contributed by atoms with Crippen molar-refractivity contribution in [2.45, 2.75) is 6.42 Å². The van der Waals surface area contributed by atoms with Crippen molar-refractivity contribution in [2.75, 3.05) is 18.1 Å². The lowest BCUT2D eigenvalue weighted by molar-refractivity contribution is 0.322. The van der Waals surface area contributed by atoms with Gasteiger partial charge in [-0.05, 0) is 23.6 Å². The third-order valence-electron chi connectivity index (χ3n) is 1.31. The van der Waals surface area contributed by atoms with Crippen LogP contribution in [0.1, 0.15) is 4.88 Å². The maximum Gasteiger partial charge on any atom is 0.0521 e. The molecule has 1 aromatic rings. The van der Waals surface area contributed by atoms with Gasteiger partial charge in [0.1, 0.15) is 0 Å². The first-order valence-corrected chi connectivity index (χ1v) is 5.68. The van der Waals surface area contributed by atoms with Crippen LogP contribution < -0.4 is 0 Å². The first-order valence-electron chi connectivity index (χ1n) is 3.64. The maximum absolute atomic E-state index is 8.51. The summed E-state index contributed by atoms with van der Waals surface area (Å²) in [5.41, 5.74) is 0. The molecule has 0 spiro atoms. The molecule has 1 N–H and O–H groups in total. The predicted octanol–water partition coefficient (Wildman–Crippen LogP) is 2.02. The van der Waals surface area contributed by atoms with Crippen molar-refractivity contribution in [1.29, 1.82) is 0 Å². The van der Waals surface area contributed by atoms with Crippen molar-refractivity contribution >= 4 is 23.1 Å². The van der Waals surface area contributed by atoms with E-state index in [1.165, 1.54) is 4.88 Å². The number of rotatable bonds is 5. The molecule has 0 unspecified atom stereocenters. The van der Waals surface area contributed by atoms with Crippen LogP contribution in [0.5, 0.6) is 0 Å². The Morgan fingerprint density at radius 2 is 2.36 bits per heavy atom. The fourth-order valence-electron chi connectivity index (χ4n) is 0.794. The van der Waals surface area contributed by atoms with Crippen LogP contribution in [0.15, 0.2) is 17.5 Å². The molecule has 0 aliphatic rings. The average Bonchev–Trinajstić information content (AvgIpc) is 2.50. The Balaban J connectivity index is 2.04. The van der Waals surface area contributed by atoms with Gasteiger partial charge < -0.3 is 5.11 Å². The van der Waals surface area contributed by atoms with Gasteiger partial charge in [0.2, 0.25) is 0 Å². The first kappa shape index (κ1) is 9.10. The predicted molar refractivity (Wildman–Crippen MR) is 52.4 cm³/mol. The molecule has 0 saturated heterocycles. The zero-order valence-electron chi connectivity index (χ0n) is 6.32.